The van der Waals surface area contributed by atoms with Gasteiger partial charge in [-0.05, 0) is 79.3 Å². The monoisotopic (exact) mass is 339 g/mol. The van der Waals surface area contributed by atoms with E-state index < -0.39 is 0 Å². The van der Waals surface area contributed by atoms with Crippen LogP contribution in [0.5, 0.6) is 0 Å². The van der Waals surface area contributed by atoms with Crippen molar-refractivity contribution in [3.05, 3.63) is 47.9 Å². The fourth-order valence-electron chi connectivity index (χ4n) is 4.54. The molecular weight excluding hydrogens is 317 g/mol. The van der Waals surface area contributed by atoms with Crippen molar-refractivity contribution in [1.29, 1.82) is 0 Å². The Hall–Kier alpha value is -2.23. The molecule has 0 amide bonds. The lowest BCUT2D eigenvalue weighted by atomic mass is 9.94. The highest BCUT2D eigenvalue weighted by Crippen LogP contribution is 2.49. The maximum absolute atomic E-state index is 13.7. The molecule has 0 N–H and O–H groups in total. The van der Waals surface area contributed by atoms with Gasteiger partial charge in [0.05, 0.1) is 12.1 Å². The molecule has 1 aromatic heterocycles. The molecule has 2 aliphatic carbocycles. The second-order valence-electron chi connectivity index (χ2n) is 7.19. The summed E-state index contributed by atoms with van der Waals surface area (Å²) in [5, 5.41) is 0.886. The van der Waals surface area contributed by atoms with Crippen molar-refractivity contribution in [2.24, 2.45) is 17.8 Å². The van der Waals surface area contributed by atoms with Crippen LogP contribution < -0.4 is 0 Å². The van der Waals surface area contributed by atoms with Crippen LogP contribution in [0.1, 0.15) is 38.2 Å². The Balaban J connectivity index is 1.54. The lowest BCUT2D eigenvalue weighted by molar-refractivity contribution is -0.144. The van der Waals surface area contributed by atoms with E-state index in [1.165, 1.54) is 11.6 Å². The number of carbonyl (C=O) groups is 1. The van der Waals surface area contributed by atoms with E-state index >= 15 is 0 Å². The molecule has 3 nitrogen and oxygen atoms in total. The Morgan fingerprint density at radius 1 is 1.32 bits per heavy atom. The summed E-state index contributed by atoms with van der Waals surface area (Å²) in [5.74, 6) is 1.23. The summed E-state index contributed by atoms with van der Waals surface area (Å²) < 4.78 is 18.8. The number of allylic oxidation sites excluding steroid dienone is 2. The standard InChI is InChI=1S/C21H22FNO2/c1-2-25-21(24)9-13-7-14-10-16(11-15(14)8-13)18-5-6-23-20-4-3-17(22)12-19(18)20/h3-6,10,12-15H,2,7-9,11H2,1H3/t13-,14+,15-/m1/s1. The van der Waals surface area contributed by atoms with Gasteiger partial charge in [-0.3, -0.25) is 9.78 Å². The third-order valence-corrected chi connectivity index (χ3v) is 5.55. The molecule has 1 fully saturated rings. The molecule has 3 atom stereocenters. The predicted molar refractivity (Wildman–Crippen MR) is 95.2 cm³/mol. The fraction of sp³-hybridized carbons (Fsp3) is 0.429. The number of pyridine rings is 1. The molecular formula is C21H22FNO2. The predicted octanol–water partition coefficient (Wildman–Crippen LogP) is 4.76. The number of ether oxygens (including phenoxy) is 1. The second kappa shape index (κ2) is 6.58. The minimum absolute atomic E-state index is 0.0766. The highest BCUT2D eigenvalue weighted by molar-refractivity contribution is 5.92. The largest absolute Gasteiger partial charge is 0.466 e. The number of benzene rings is 1. The number of hydrogen-bond acceptors (Lipinski definition) is 3. The molecule has 0 aliphatic heterocycles. The quantitative estimate of drug-likeness (QED) is 0.754. The summed E-state index contributed by atoms with van der Waals surface area (Å²) in [7, 11) is 0. The van der Waals surface area contributed by atoms with Gasteiger partial charge in [-0.25, -0.2) is 4.39 Å². The molecule has 2 aliphatic rings. The van der Waals surface area contributed by atoms with Crippen molar-refractivity contribution in [1.82, 2.24) is 4.98 Å². The number of rotatable bonds is 4. The van der Waals surface area contributed by atoms with Crippen LogP contribution in [0.4, 0.5) is 4.39 Å². The Labute approximate surface area is 146 Å². The van der Waals surface area contributed by atoms with Crippen molar-refractivity contribution in [3.8, 4) is 0 Å². The van der Waals surface area contributed by atoms with Crippen LogP contribution in [0, 0.1) is 23.6 Å². The topological polar surface area (TPSA) is 39.2 Å². The lowest BCUT2D eigenvalue weighted by Crippen LogP contribution is -2.09. The minimum atomic E-state index is -0.227. The minimum Gasteiger partial charge on any atom is -0.466 e. The summed E-state index contributed by atoms with van der Waals surface area (Å²) in [6.07, 6.45) is 7.79. The van der Waals surface area contributed by atoms with Gasteiger partial charge < -0.3 is 4.74 Å². The molecule has 0 spiro atoms. The second-order valence-corrected chi connectivity index (χ2v) is 7.19. The van der Waals surface area contributed by atoms with Crippen LogP contribution >= 0.6 is 0 Å². The number of fused-ring (bicyclic) bond motifs is 2. The van der Waals surface area contributed by atoms with Crippen molar-refractivity contribution < 1.29 is 13.9 Å². The first-order valence-corrected chi connectivity index (χ1v) is 9.05. The first kappa shape index (κ1) is 16.2. The van der Waals surface area contributed by atoms with Crippen LogP contribution in [0.3, 0.4) is 0 Å². The smallest absolute Gasteiger partial charge is 0.306 e. The number of carbonyl (C=O) groups excluding carboxylic acids is 1. The molecule has 4 heteroatoms. The van der Waals surface area contributed by atoms with Gasteiger partial charge in [0.25, 0.3) is 0 Å². The highest BCUT2D eigenvalue weighted by atomic mass is 19.1. The van der Waals surface area contributed by atoms with Crippen LogP contribution in [-0.4, -0.2) is 17.6 Å². The molecule has 0 unspecified atom stereocenters. The van der Waals surface area contributed by atoms with Gasteiger partial charge in [0.2, 0.25) is 0 Å². The summed E-state index contributed by atoms with van der Waals surface area (Å²) in [5.41, 5.74) is 3.22. The van der Waals surface area contributed by atoms with Gasteiger partial charge >= 0.3 is 5.97 Å². The first-order chi connectivity index (χ1) is 12.1. The Morgan fingerprint density at radius 3 is 3.00 bits per heavy atom. The average Bonchev–Trinajstić information content (AvgIpc) is 3.12. The molecule has 1 saturated carbocycles. The third kappa shape index (κ3) is 3.17. The van der Waals surface area contributed by atoms with Gasteiger partial charge in [0.1, 0.15) is 5.82 Å². The van der Waals surface area contributed by atoms with Gasteiger partial charge in [-0.1, -0.05) is 6.08 Å². The number of halogens is 1. The molecule has 130 valence electrons. The molecule has 0 bridgehead atoms. The summed E-state index contributed by atoms with van der Waals surface area (Å²) >= 11 is 0. The first-order valence-electron chi connectivity index (χ1n) is 9.05. The number of hydrogen-bond donors (Lipinski definition) is 0. The summed E-state index contributed by atoms with van der Waals surface area (Å²) in [4.78, 5) is 16.0. The van der Waals surface area contributed by atoms with Crippen molar-refractivity contribution in [3.63, 3.8) is 0 Å². The average molecular weight is 339 g/mol. The summed E-state index contributed by atoms with van der Waals surface area (Å²) in [6.45, 7) is 2.30. The van der Waals surface area contributed by atoms with Crippen LogP contribution in [-0.2, 0) is 9.53 Å². The number of aromatic nitrogens is 1. The van der Waals surface area contributed by atoms with Gasteiger partial charge in [-0.2, -0.15) is 0 Å². The highest BCUT2D eigenvalue weighted by Gasteiger charge is 2.38. The lowest BCUT2D eigenvalue weighted by Gasteiger charge is -2.12. The van der Waals surface area contributed by atoms with E-state index in [4.69, 9.17) is 4.74 Å². The van der Waals surface area contributed by atoms with E-state index in [0.717, 1.165) is 35.7 Å². The van der Waals surface area contributed by atoms with Crippen LogP contribution in [0.2, 0.25) is 0 Å². The Kier molecular flexibility index (Phi) is 4.28. The SMILES string of the molecule is CCOC(=O)C[C@H]1C[C@@H]2CC(c3ccnc4ccc(F)cc34)=C[C@@H]2C1. The molecule has 1 aromatic carbocycles. The zero-order valence-electron chi connectivity index (χ0n) is 14.4. The van der Waals surface area contributed by atoms with Crippen LogP contribution in [0.25, 0.3) is 16.5 Å². The zero-order valence-corrected chi connectivity index (χ0v) is 14.4. The Morgan fingerprint density at radius 2 is 2.20 bits per heavy atom. The van der Waals surface area contributed by atoms with E-state index in [9.17, 15) is 9.18 Å². The third-order valence-electron chi connectivity index (χ3n) is 5.55. The van der Waals surface area contributed by atoms with Gasteiger partial charge in [0.15, 0.2) is 0 Å². The van der Waals surface area contributed by atoms with Crippen molar-refractivity contribution >= 4 is 22.4 Å². The van der Waals surface area contributed by atoms with E-state index in [0.29, 0.717) is 30.8 Å². The molecule has 25 heavy (non-hydrogen) atoms. The Bertz CT molecular complexity index is 845. The summed E-state index contributed by atoms with van der Waals surface area (Å²) in [6, 6.07) is 6.76. The normalized spacial score (nSPS) is 25.0. The van der Waals surface area contributed by atoms with Crippen LogP contribution in [0.15, 0.2) is 36.5 Å². The number of nitrogens with zero attached hydrogens (tertiary/aromatic N) is 1. The maximum Gasteiger partial charge on any atom is 0.306 e. The molecule has 0 radical (unpaired) electrons. The van der Waals surface area contributed by atoms with Gasteiger partial charge in [-0.15, -0.1) is 0 Å². The number of esters is 1. The fourth-order valence-corrected chi connectivity index (χ4v) is 4.54. The van der Waals surface area contributed by atoms with Gasteiger partial charge in [0, 0.05) is 18.0 Å². The molecule has 0 saturated heterocycles. The zero-order chi connectivity index (χ0) is 17.4. The molecule has 1 heterocycles. The van der Waals surface area contributed by atoms with E-state index in [1.807, 2.05) is 13.0 Å². The van der Waals surface area contributed by atoms with E-state index in [-0.39, 0.29) is 11.8 Å². The van der Waals surface area contributed by atoms with E-state index in [2.05, 4.69) is 11.1 Å². The molecule has 4 rings (SSSR count). The van der Waals surface area contributed by atoms with Crippen molar-refractivity contribution in [2.75, 3.05) is 6.61 Å². The maximum atomic E-state index is 13.7. The van der Waals surface area contributed by atoms with Crippen molar-refractivity contribution in [2.45, 2.75) is 32.6 Å². The van der Waals surface area contributed by atoms with E-state index in [1.54, 1.807) is 18.3 Å². The molecule has 2 aromatic rings.